The summed E-state index contributed by atoms with van der Waals surface area (Å²) in [7, 11) is 1.67. The molecule has 0 unspecified atom stereocenters. The van der Waals surface area contributed by atoms with Gasteiger partial charge in [-0.2, -0.15) is 0 Å². The summed E-state index contributed by atoms with van der Waals surface area (Å²) in [5.74, 6) is 3.54. The molecule has 4 nitrogen and oxygen atoms in total. The predicted octanol–water partition coefficient (Wildman–Crippen LogP) is 3.50. The molecule has 4 bridgehead atoms. The molecule has 0 heterocycles. The van der Waals surface area contributed by atoms with Gasteiger partial charge in [-0.25, -0.2) is 0 Å². The zero-order chi connectivity index (χ0) is 16.7. The number of aryl methyl sites for hydroxylation is 1. The molecule has 24 heavy (non-hydrogen) atoms. The van der Waals surface area contributed by atoms with Crippen LogP contribution in [-0.2, 0) is 4.79 Å². The predicted molar refractivity (Wildman–Crippen MR) is 95.3 cm³/mol. The molecule has 0 saturated heterocycles. The highest BCUT2D eigenvalue weighted by atomic mass is 16.5. The number of ether oxygens (including phenoxy) is 1. The monoisotopic (exact) mass is 328 g/mol. The third-order valence-corrected chi connectivity index (χ3v) is 6.32. The van der Waals surface area contributed by atoms with E-state index in [0.717, 1.165) is 34.8 Å². The lowest BCUT2D eigenvalue weighted by Gasteiger charge is -2.56. The van der Waals surface area contributed by atoms with Crippen LogP contribution in [0.1, 0.15) is 44.1 Å². The van der Waals surface area contributed by atoms with E-state index in [9.17, 15) is 4.79 Å². The van der Waals surface area contributed by atoms with Crippen molar-refractivity contribution >= 4 is 11.6 Å². The number of amides is 1. The average molecular weight is 328 g/mol. The number of hydrogen-bond donors (Lipinski definition) is 2. The molecule has 4 heteroatoms. The number of carbonyl (C=O) groups is 1. The van der Waals surface area contributed by atoms with Crippen LogP contribution in [0.25, 0.3) is 0 Å². The minimum absolute atomic E-state index is 0.0997. The Balaban J connectivity index is 1.36. The Morgan fingerprint density at radius 1 is 1.17 bits per heavy atom. The van der Waals surface area contributed by atoms with Gasteiger partial charge in [0.15, 0.2) is 0 Å². The number of rotatable bonds is 5. The Labute approximate surface area is 144 Å². The van der Waals surface area contributed by atoms with Crippen molar-refractivity contribution < 1.29 is 9.53 Å². The van der Waals surface area contributed by atoms with Gasteiger partial charge in [-0.1, -0.05) is 0 Å². The molecule has 1 aromatic carbocycles. The second-order valence-corrected chi connectivity index (χ2v) is 8.28. The van der Waals surface area contributed by atoms with Gasteiger partial charge >= 0.3 is 0 Å². The molecule has 4 saturated carbocycles. The molecule has 2 N–H and O–H groups in total. The normalized spacial score (nSPS) is 33.3. The molecule has 5 rings (SSSR count). The number of hydrogen-bond acceptors (Lipinski definition) is 3. The molecular weight excluding hydrogens is 300 g/mol. The van der Waals surface area contributed by atoms with Crippen LogP contribution in [0, 0.1) is 24.7 Å². The van der Waals surface area contributed by atoms with Crippen LogP contribution in [0.15, 0.2) is 18.2 Å². The molecule has 0 atom stereocenters. The first kappa shape index (κ1) is 15.8. The molecule has 0 radical (unpaired) electrons. The van der Waals surface area contributed by atoms with Crippen molar-refractivity contribution in [3.63, 3.8) is 0 Å². The van der Waals surface area contributed by atoms with E-state index in [-0.39, 0.29) is 11.4 Å². The highest BCUT2D eigenvalue weighted by molar-refractivity contribution is 5.81. The van der Waals surface area contributed by atoms with Crippen LogP contribution in [0.4, 0.5) is 5.69 Å². The maximum Gasteiger partial charge on any atom is 0.239 e. The van der Waals surface area contributed by atoms with E-state index in [0.29, 0.717) is 6.54 Å². The highest BCUT2D eigenvalue weighted by Crippen LogP contribution is 2.55. The standard InChI is InChI=1S/C20H28N2O2/c1-13-5-17(24-2)3-4-18(13)21-12-19(23)22-20-9-14-6-15(10-20)8-16(7-14)11-20/h3-5,14-16,21H,6-12H2,1-2H3,(H,22,23). The van der Waals surface area contributed by atoms with Crippen molar-refractivity contribution in [3.8, 4) is 5.75 Å². The first-order valence-electron chi connectivity index (χ1n) is 9.25. The Kier molecular flexibility index (Phi) is 3.93. The summed E-state index contributed by atoms with van der Waals surface area (Å²) in [5.41, 5.74) is 2.19. The fourth-order valence-corrected chi connectivity index (χ4v) is 5.74. The molecule has 0 spiro atoms. The van der Waals surface area contributed by atoms with Crippen molar-refractivity contribution in [2.24, 2.45) is 17.8 Å². The Bertz CT molecular complexity index is 605. The maximum atomic E-state index is 12.5. The van der Waals surface area contributed by atoms with Crippen LogP contribution < -0.4 is 15.4 Å². The van der Waals surface area contributed by atoms with E-state index in [4.69, 9.17) is 4.74 Å². The topological polar surface area (TPSA) is 50.4 Å². The van der Waals surface area contributed by atoms with Gasteiger partial charge in [0.25, 0.3) is 0 Å². The number of methoxy groups -OCH3 is 1. The number of anilines is 1. The molecule has 4 fully saturated rings. The quantitative estimate of drug-likeness (QED) is 0.870. The van der Waals surface area contributed by atoms with E-state index >= 15 is 0 Å². The smallest absolute Gasteiger partial charge is 0.239 e. The van der Waals surface area contributed by atoms with E-state index in [2.05, 4.69) is 10.6 Å². The van der Waals surface area contributed by atoms with Crippen LogP contribution in [0.5, 0.6) is 5.75 Å². The van der Waals surface area contributed by atoms with E-state index in [1.165, 1.54) is 38.5 Å². The lowest BCUT2D eigenvalue weighted by atomic mass is 9.53. The van der Waals surface area contributed by atoms with Crippen molar-refractivity contribution in [2.75, 3.05) is 19.0 Å². The second-order valence-electron chi connectivity index (χ2n) is 8.28. The van der Waals surface area contributed by atoms with Gasteiger partial charge in [-0.15, -0.1) is 0 Å². The molecule has 1 aromatic rings. The van der Waals surface area contributed by atoms with Crippen molar-refractivity contribution in [2.45, 2.75) is 51.0 Å². The lowest BCUT2D eigenvalue weighted by Crippen LogP contribution is -2.60. The fourth-order valence-electron chi connectivity index (χ4n) is 5.74. The summed E-state index contributed by atoms with van der Waals surface area (Å²) in [6, 6.07) is 5.89. The number of carbonyl (C=O) groups excluding carboxylic acids is 1. The van der Waals surface area contributed by atoms with Crippen molar-refractivity contribution in [1.29, 1.82) is 0 Å². The largest absolute Gasteiger partial charge is 0.497 e. The van der Waals surface area contributed by atoms with Gasteiger partial charge in [-0.3, -0.25) is 4.79 Å². The van der Waals surface area contributed by atoms with Crippen LogP contribution in [0.2, 0.25) is 0 Å². The summed E-state index contributed by atoms with van der Waals surface area (Å²) in [5, 5.41) is 6.69. The maximum absolute atomic E-state index is 12.5. The summed E-state index contributed by atoms with van der Waals surface area (Å²) in [6.07, 6.45) is 7.81. The fraction of sp³-hybridized carbons (Fsp3) is 0.650. The third-order valence-electron chi connectivity index (χ3n) is 6.32. The van der Waals surface area contributed by atoms with Crippen molar-refractivity contribution in [1.82, 2.24) is 5.32 Å². The molecule has 0 aliphatic heterocycles. The van der Waals surface area contributed by atoms with Gasteiger partial charge in [0, 0.05) is 11.2 Å². The van der Waals surface area contributed by atoms with E-state index in [1.54, 1.807) is 7.11 Å². The van der Waals surface area contributed by atoms with E-state index in [1.807, 2.05) is 25.1 Å². The average Bonchev–Trinajstić information content (AvgIpc) is 2.51. The molecule has 0 aromatic heterocycles. The highest BCUT2D eigenvalue weighted by Gasteiger charge is 2.51. The first-order valence-corrected chi connectivity index (χ1v) is 9.25. The van der Waals surface area contributed by atoms with Crippen molar-refractivity contribution in [3.05, 3.63) is 23.8 Å². The summed E-state index contributed by atoms with van der Waals surface area (Å²) < 4.78 is 5.23. The molecular formula is C20H28N2O2. The molecule has 1 amide bonds. The summed E-state index contributed by atoms with van der Waals surface area (Å²) in [6.45, 7) is 2.37. The lowest BCUT2D eigenvalue weighted by molar-refractivity contribution is -0.125. The second kappa shape index (κ2) is 5.98. The number of nitrogens with one attached hydrogen (secondary N) is 2. The van der Waals surface area contributed by atoms with Gasteiger partial charge in [0.2, 0.25) is 5.91 Å². The number of benzene rings is 1. The SMILES string of the molecule is COc1ccc(NCC(=O)NC23CC4CC(CC(C4)C2)C3)c(C)c1. The van der Waals surface area contributed by atoms with Crippen LogP contribution in [-0.4, -0.2) is 25.1 Å². The molecule has 130 valence electrons. The van der Waals surface area contributed by atoms with E-state index < -0.39 is 0 Å². The summed E-state index contributed by atoms with van der Waals surface area (Å²) >= 11 is 0. The minimum atomic E-state index is 0.0997. The van der Waals surface area contributed by atoms with Crippen LogP contribution in [0.3, 0.4) is 0 Å². The van der Waals surface area contributed by atoms with Gasteiger partial charge in [-0.05, 0) is 87.0 Å². The van der Waals surface area contributed by atoms with Gasteiger partial charge in [0.1, 0.15) is 5.75 Å². The minimum Gasteiger partial charge on any atom is -0.497 e. The van der Waals surface area contributed by atoms with Gasteiger partial charge in [0.05, 0.1) is 13.7 Å². The Morgan fingerprint density at radius 3 is 2.33 bits per heavy atom. The zero-order valence-electron chi connectivity index (χ0n) is 14.7. The van der Waals surface area contributed by atoms with Crippen LogP contribution >= 0.6 is 0 Å². The molecule has 4 aliphatic carbocycles. The third kappa shape index (κ3) is 2.99. The zero-order valence-corrected chi connectivity index (χ0v) is 14.7. The molecule has 4 aliphatic rings. The van der Waals surface area contributed by atoms with Gasteiger partial charge < -0.3 is 15.4 Å². The summed E-state index contributed by atoms with van der Waals surface area (Å²) in [4.78, 5) is 12.5. The Hall–Kier alpha value is -1.71. The Morgan fingerprint density at radius 2 is 1.79 bits per heavy atom. The first-order chi connectivity index (χ1) is 11.5.